The zero-order chi connectivity index (χ0) is 14.9. The highest BCUT2D eigenvalue weighted by Crippen LogP contribution is 2.50. The molecule has 0 atom stereocenters. The molecule has 0 saturated carbocycles. The lowest BCUT2D eigenvalue weighted by molar-refractivity contribution is -0.376. The monoisotopic (exact) mass is 285 g/mol. The Morgan fingerprint density at radius 2 is 1.58 bits per heavy atom. The minimum atomic E-state index is -5.97. The van der Waals surface area contributed by atoms with Gasteiger partial charge in [0.05, 0.1) is 0 Å². The molecule has 0 heterocycles. The van der Waals surface area contributed by atoms with Crippen molar-refractivity contribution in [2.75, 3.05) is 0 Å². The fraction of sp³-hybridized carbons (Fsp3) is 0.333. The molecule has 19 heavy (non-hydrogen) atoms. The summed E-state index contributed by atoms with van der Waals surface area (Å²) in [5, 5.41) is 11.9. The van der Waals surface area contributed by atoms with E-state index in [0.717, 1.165) is 12.1 Å². The van der Waals surface area contributed by atoms with Crippen LogP contribution < -0.4 is 0 Å². The van der Waals surface area contributed by atoms with E-state index in [1.54, 1.807) is 0 Å². The van der Waals surface area contributed by atoms with Crippen molar-refractivity contribution in [3.63, 3.8) is 0 Å². The van der Waals surface area contributed by atoms with Gasteiger partial charge in [0.1, 0.15) is 0 Å². The molecule has 1 rings (SSSR count). The van der Waals surface area contributed by atoms with Crippen molar-refractivity contribution in [3.05, 3.63) is 40.3 Å². The minimum Gasteiger partial charge on any atom is -0.369 e. The Hall–Kier alpha value is -1.93. The van der Waals surface area contributed by atoms with Gasteiger partial charge in [0.2, 0.25) is 0 Å². The number of nitrogens with zero attached hydrogens (tertiary/aromatic N) is 3. The van der Waals surface area contributed by atoms with E-state index in [9.17, 15) is 26.3 Å². The van der Waals surface area contributed by atoms with Crippen LogP contribution in [0.3, 0.4) is 0 Å². The van der Waals surface area contributed by atoms with E-state index in [4.69, 9.17) is 10.6 Å². The smallest absolute Gasteiger partial charge is 0.369 e. The van der Waals surface area contributed by atoms with E-state index >= 15 is 0 Å². The van der Waals surface area contributed by atoms with Crippen molar-refractivity contribution in [2.45, 2.75) is 18.0 Å². The first kappa shape index (κ1) is 15.1. The Kier molecular flexibility index (Phi) is 3.69. The standard InChI is InChI=1S/C9H5F6N3O/c10-8(11,12)7(19,9(13,14)15)5-2-1-3-6(4-5)17-18-16/h1-4,19H. The number of hydrogen-bond donors (Lipinski definition) is 1. The topological polar surface area (TPSA) is 69.0 Å². The zero-order valence-electron chi connectivity index (χ0n) is 8.87. The SMILES string of the molecule is [N-]=[N+]=Nc1cccc(C(O)(C(F)(F)F)C(F)(F)F)c1. The Balaban J connectivity index is 3.51. The van der Waals surface area contributed by atoms with Crippen molar-refractivity contribution < 1.29 is 31.4 Å². The third-order valence-corrected chi connectivity index (χ3v) is 2.24. The summed E-state index contributed by atoms with van der Waals surface area (Å²) in [5.41, 5.74) is 1.10. The van der Waals surface area contributed by atoms with Crippen LogP contribution in [0.1, 0.15) is 5.56 Å². The van der Waals surface area contributed by atoms with Crippen LogP contribution in [-0.2, 0) is 5.60 Å². The van der Waals surface area contributed by atoms with Gasteiger partial charge < -0.3 is 5.11 Å². The van der Waals surface area contributed by atoms with E-state index in [-0.39, 0.29) is 0 Å². The predicted octanol–water partition coefficient (Wildman–Crippen LogP) is 3.94. The van der Waals surface area contributed by atoms with Crippen molar-refractivity contribution in [1.29, 1.82) is 0 Å². The Morgan fingerprint density at radius 1 is 1.05 bits per heavy atom. The lowest BCUT2D eigenvalue weighted by atomic mass is 9.92. The molecule has 0 fully saturated rings. The molecule has 0 aliphatic carbocycles. The molecule has 0 aliphatic heterocycles. The predicted molar refractivity (Wildman–Crippen MR) is 51.3 cm³/mol. The number of azide groups is 1. The maximum atomic E-state index is 12.5. The maximum Gasteiger partial charge on any atom is 0.430 e. The van der Waals surface area contributed by atoms with Gasteiger partial charge in [0.15, 0.2) is 0 Å². The molecule has 0 bridgehead atoms. The molecule has 0 spiro atoms. The van der Waals surface area contributed by atoms with Gasteiger partial charge in [-0.05, 0) is 11.6 Å². The first-order chi connectivity index (χ1) is 8.54. The van der Waals surface area contributed by atoms with Crippen molar-refractivity contribution >= 4 is 5.69 Å². The number of halogens is 6. The third-order valence-electron chi connectivity index (χ3n) is 2.24. The molecule has 0 aliphatic rings. The second-order valence-corrected chi connectivity index (χ2v) is 3.45. The summed E-state index contributed by atoms with van der Waals surface area (Å²) >= 11 is 0. The highest BCUT2D eigenvalue weighted by molar-refractivity contribution is 5.43. The van der Waals surface area contributed by atoms with Gasteiger partial charge in [-0.1, -0.05) is 23.3 Å². The van der Waals surface area contributed by atoms with E-state index in [1.807, 2.05) is 0 Å². The first-order valence-corrected chi connectivity index (χ1v) is 4.55. The van der Waals surface area contributed by atoms with Crippen LogP contribution in [0.4, 0.5) is 32.0 Å². The Labute approximate surface area is 101 Å². The van der Waals surface area contributed by atoms with Gasteiger partial charge in [-0.3, -0.25) is 0 Å². The second kappa shape index (κ2) is 4.63. The highest BCUT2D eigenvalue weighted by Gasteiger charge is 2.71. The highest BCUT2D eigenvalue weighted by atomic mass is 19.4. The minimum absolute atomic E-state index is 0.320. The van der Waals surface area contributed by atoms with Crippen LogP contribution >= 0.6 is 0 Å². The average Bonchev–Trinajstić information content (AvgIpc) is 2.25. The zero-order valence-corrected chi connectivity index (χ0v) is 8.87. The van der Waals surface area contributed by atoms with Crippen LogP contribution in [0.15, 0.2) is 29.4 Å². The van der Waals surface area contributed by atoms with E-state index in [2.05, 4.69) is 10.0 Å². The molecular formula is C9H5F6N3O. The summed E-state index contributed by atoms with van der Waals surface area (Å²) in [6.07, 6.45) is -11.9. The van der Waals surface area contributed by atoms with Gasteiger partial charge in [0, 0.05) is 16.2 Å². The fourth-order valence-electron chi connectivity index (χ4n) is 1.33. The largest absolute Gasteiger partial charge is 0.430 e. The molecule has 4 nitrogen and oxygen atoms in total. The summed E-state index contributed by atoms with van der Waals surface area (Å²) in [4.78, 5) is 2.23. The molecule has 0 radical (unpaired) electrons. The summed E-state index contributed by atoms with van der Waals surface area (Å²) in [6, 6.07) is 2.57. The summed E-state index contributed by atoms with van der Waals surface area (Å²) in [7, 11) is 0. The number of aliphatic hydroxyl groups is 1. The number of alkyl halides is 6. The van der Waals surface area contributed by atoms with Crippen LogP contribution in [0.2, 0.25) is 0 Å². The molecule has 10 heteroatoms. The van der Waals surface area contributed by atoms with Gasteiger partial charge in [-0.2, -0.15) is 26.3 Å². The van der Waals surface area contributed by atoms with Crippen LogP contribution in [0, 0.1) is 0 Å². The van der Waals surface area contributed by atoms with Gasteiger partial charge in [-0.15, -0.1) is 0 Å². The molecular weight excluding hydrogens is 280 g/mol. The van der Waals surface area contributed by atoms with Gasteiger partial charge in [0.25, 0.3) is 5.60 Å². The summed E-state index contributed by atoms with van der Waals surface area (Å²) in [5.74, 6) is 0. The number of rotatable bonds is 2. The molecule has 0 unspecified atom stereocenters. The van der Waals surface area contributed by atoms with E-state index < -0.39 is 29.2 Å². The lowest BCUT2D eigenvalue weighted by Gasteiger charge is -2.32. The first-order valence-electron chi connectivity index (χ1n) is 4.55. The molecule has 0 amide bonds. The normalized spacial score (nSPS) is 13.0. The second-order valence-electron chi connectivity index (χ2n) is 3.45. The summed E-state index contributed by atoms with van der Waals surface area (Å²) < 4.78 is 75.2. The van der Waals surface area contributed by atoms with Gasteiger partial charge >= 0.3 is 12.4 Å². The molecule has 0 aromatic heterocycles. The van der Waals surface area contributed by atoms with Crippen molar-refractivity contribution in [2.24, 2.45) is 5.11 Å². The summed E-state index contributed by atoms with van der Waals surface area (Å²) in [6.45, 7) is 0. The maximum absolute atomic E-state index is 12.5. The van der Waals surface area contributed by atoms with Gasteiger partial charge in [-0.25, -0.2) is 0 Å². The van der Waals surface area contributed by atoms with Crippen LogP contribution in [-0.4, -0.2) is 17.5 Å². The lowest BCUT2D eigenvalue weighted by Crippen LogP contribution is -2.53. The number of hydrogen-bond acceptors (Lipinski definition) is 2. The van der Waals surface area contributed by atoms with Crippen molar-refractivity contribution in [1.82, 2.24) is 0 Å². The van der Waals surface area contributed by atoms with Crippen molar-refractivity contribution in [3.8, 4) is 0 Å². The third kappa shape index (κ3) is 2.59. The van der Waals surface area contributed by atoms with Crippen LogP contribution in [0.25, 0.3) is 10.4 Å². The van der Waals surface area contributed by atoms with E-state index in [1.165, 1.54) is 0 Å². The quantitative estimate of drug-likeness (QED) is 0.380. The molecule has 0 saturated heterocycles. The molecule has 104 valence electrons. The molecule has 1 N–H and O–H groups in total. The Morgan fingerprint density at radius 3 is 2.00 bits per heavy atom. The van der Waals surface area contributed by atoms with Crippen LogP contribution in [0.5, 0.6) is 0 Å². The van der Waals surface area contributed by atoms with E-state index in [0.29, 0.717) is 12.1 Å². The molecule has 1 aromatic carbocycles. The number of benzene rings is 1. The molecule has 1 aromatic rings. The fourth-order valence-corrected chi connectivity index (χ4v) is 1.33. The average molecular weight is 285 g/mol. The Bertz CT molecular complexity index is 503.